The highest BCUT2D eigenvalue weighted by Gasteiger charge is 2.05. The van der Waals surface area contributed by atoms with Crippen LogP contribution in [-0.2, 0) is 9.53 Å². The third kappa shape index (κ3) is 5.27. The predicted molar refractivity (Wildman–Crippen MR) is 97.8 cm³/mol. The Kier molecular flexibility index (Phi) is 6.44. The number of rotatable bonds is 6. The first-order valence-electron chi connectivity index (χ1n) is 7.38. The van der Waals surface area contributed by atoms with E-state index < -0.39 is 0 Å². The Morgan fingerprint density at radius 2 is 1.96 bits per heavy atom. The maximum absolute atomic E-state index is 12.0. The van der Waals surface area contributed by atoms with Crippen LogP contribution in [0.3, 0.4) is 0 Å². The molecule has 3 nitrogen and oxygen atoms in total. The molecule has 4 heteroatoms. The molecule has 2 aromatic rings. The van der Waals surface area contributed by atoms with E-state index in [4.69, 9.17) is 4.74 Å². The van der Waals surface area contributed by atoms with Crippen LogP contribution in [-0.4, -0.2) is 19.3 Å². The molecule has 23 heavy (non-hydrogen) atoms. The van der Waals surface area contributed by atoms with Crippen molar-refractivity contribution >= 4 is 29.4 Å². The van der Waals surface area contributed by atoms with Crippen molar-refractivity contribution in [3.63, 3.8) is 0 Å². The summed E-state index contributed by atoms with van der Waals surface area (Å²) in [5.41, 5.74) is 2.79. The molecule has 0 aromatic heterocycles. The highest BCUT2D eigenvalue weighted by Crippen LogP contribution is 2.20. The van der Waals surface area contributed by atoms with Crippen molar-refractivity contribution in [2.75, 3.05) is 18.7 Å². The Morgan fingerprint density at radius 1 is 1.22 bits per heavy atom. The standard InChI is InChI=1S/C19H21NO2S/c1-14(22-2)16-5-4-6-17(13-16)20-19(21)12-9-15-7-10-18(23-3)11-8-15/h4-14H,1-3H3,(H,20,21)/b12-9+. The molecule has 0 bridgehead atoms. The van der Waals surface area contributed by atoms with Crippen molar-refractivity contribution < 1.29 is 9.53 Å². The van der Waals surface area contributed by atoms with Gasteiger partial charge >= 0.3 is 0 Å². The van der Waals surface area contributed by atoms with E-state index in [0.717, 1.165) is 16.8 Å². The first kappa shape index (κ1) is 17.3. The number of amides is 1. The van der Waals surface area contributed by atoms with Gasteiger partial charge in [0.2, 0.25) is 5.91 Å². The zero-order valence-electron chi connectivity index (χ0n) is 13.6. The van der Waals surface area contributed by atoms with Crippen molar-refractivity contribution in [2.45, 2.75) is 17.9 Å². The van der Waals surface area contributed by atoms with Gasteiger partial charge in [0.05, 0.1) is 6.10 Å². The lowest BCUT2D eigenvalue weighted by atomic mass is 10.1. The van der Waals surface area contributed by atoms with Gasteiger partial charge in [-0.15, -0.1) is 11.8 Å². The Bertz CT molecular complexity index is 680. The van der Waals surface area contributed by atoms with Crippen molar-refractivity contribution in [2.24, 2.45) is 0 Å². The molecule has 0 radical (unpaired) electrons. The number of methoxy groups -OCH3 is 1. The van der Waals surface area contributed by atoms with Crippen LogP contribution in [0.15, 0.2) is 59.5 Å². The molecule has 0 saturated heterocycles. The molecule has 0 aliphatic rings. The van der Waals surface area contributed by atoms with Gasteiger partial charge in [0.1, 0.15) is 0 Å². The quantitative estimate of drug-likeness (QED) is 0.613. The van der Waals surface area contributed by atoms with Crippen LogP contribution in [0.25, 0.3) is 6.08 Å². The molecule has 0 aliphatic carbocycles. The molecule has 0 aliphatic heterocycles. The van der Waals surface area contributed by atoms with E-state index in [1.807, 2.05) is 61.7 Å². The van der Waals surface area contributed by atoms with E-state index >= 15 is 0 Å². The van der Waals surface area contributed by atoms with Gasteiger partial charge in [-0.25, -0.2) is 0 Å². The first-order valence-corrected chi connectivity index (χ1v) is 8.60. The molecule has 1 amide bonds. The average Bonchev–Trinajstić information content (AvgIpc) is 2.60. The van der Waals surface area contributed by atoms with E-state index in [1.165, 1.54) is 4.90 Å². The average molecular weight is 327 g/mol. The van der Waals surface area contributed by atoms with Crippen LogP contribution in [0.2, 0.25) is 0 Å². The predicted octanol–water partition coefficient (Wildman–Crippen LogP) is 4.77. The molecular formula is C19H21NO2S. The number of anilines is 1. The molecule has 0 saturated carbocycles. The van der Waals surface area contributed by atoms with Gasteiger partial charge in [0.25, 0.3) is 0 Å². The molecule has 2 rings (SSSR count). The van der Waals surface area contributed by atoms with Crippen LogP contribution in [0.5, 0.6) is 0 Å². The SMILES string of the molecule is COC(C)c1cccc(NC(=O)/C=C/c2ccc(SC)cc2)c1. The Balaban J connectivity index is 1.99. The fraction of sp³-hybridized carbons (Fsp3) is 0.211. The van der Waals surface area contributed by atoms with Crippen molar-refractivity contribution in [3.05, 3.63) is 65.7 Å². The van der Waals surface area contributed by atoms with Gasteiger partial charge < -0.3 is 10.1 Å². The summed E-state index contributed by atoms with van der Waals surface area (Å²) >= 11 is 1.70. The number of carbonyl (C=O) groups is 1. The lowest BCUT2D eigenvalue weighted by molar-refractivity contribution is -0.111. The van der Waals surface area contributed by atoms with Crippen LogP contribution >= 0.6 is 11.8 Å². The van der Waals surface area contributed by atoms with Crippen LogP contribution in [0.1, 0.15) is 24.2 Å². The van der Waals surface area contributed by atoms with Crippen LogP contribution in [0, 0.1) is 0 Å². The van der Waals surface area contributed by atoms with E-state index in [0.29, 0.717) is 0 Å². The fourth-order valence-corrected chi connectivity index (χ4v) is 2.48. The molecule has 1 unspecified atom stereocenters. The molecule has 1 N–H and O–H groups in total. The maximum Gasteiger partial charge on any atom is 0.248 e. The third-order valence-electron chi connectivity index (χ3n) is 3.52. The minimum Gasteiger partial charge on any atom is -0.377 e. The summed E-state index contributed by atoms with van der Waals surface area (Å²) in [4.78, 5) is 13.2. The number of nitrogens with one attached hydrogen (secondary N) is 1. The van der Waals surface area contributed by atoms with Gasteiger partial charge in [0, 0.05) is 23.8 Å². The van der Waals surface area contributed by atoms with E-state index in [2.05, 4.69) is 5.32 Å². The number of carbonyl (C=O) groups excluding carboxylic acids is 1. The maximum atomic E-state index is 12.0. The molecule has 0 spiro atoms. The summed E-state index contributed by atoms with van der Waals surface area (Å²) in [6, 6.07) is 15.7. The van der Waals surface area contributed by atoms with Crippen molar-refractivity contribution in [1.82, 2.24) is 0 Å². The highest BCUT2D eigenvalue weighted by atomic mass is 32.2. The second-order valence-electron chi connectivity index (χ2n) is 5.10. The monoisotopic (exact) mass is 327 g/mol. The second-order valence-corrected chi connectivity index (χ2v) is 5.98. The summed E-state index contributed by atoms with van der Waals surface area (Å²) < 4.78 is 5.29. The summed E-state index contributed by atoms with van der Waals surface area (Å²) in [7, 11) is 1.67. The lowest BCUT2D eigenvalue weighted by Crippen LogP contribution is -2.08. The van der Waals surface area contributed by atoms with Crippen LogP contribution in [0.4, 0.5) is 5.69 Å². The fourth-order valence-electron chi connectivity index (χ4n) is 2.08. The number of thioether (sulfide) groups is 1. The van der Waals surface area contributed by atoms with E-state index in [-0.39, 0.29) is 12.0 Å². The zero-order chi connectivity index (χ0) is 16.7. The lowest BCUT2D eigenvalue weighted by Gasteiger charge is -2.11. The zero-order valence-corrected chi connectivity index (χ0v) is 14.4. The van der Waals surface area contributed by atoms with Gasteiger partial charge in [-0.2, -0.15) is 0 Å². The minimum atomic E-state index is -0.152. The normalized spacial score (nSPS) is 12.3. The molecular weight excluding hydrogens is 306 g/mol. The van der Waals surface area contributed by atoms with Gasteiger partial charge in [-0.3, -0.25) is 4.79 Å². The van der Waals surface area contributed by atoms with Gasteiger partial charge in [-0.1, -0.05) is 24.3 Å². The molecule has 0 heterocycles. The number of hydrogen-bond donors (Lipinski definition) is 1. The van der Waals surface area contributed by atoms with E-state index in [9.17, 15) is 4.79 Å². The van der Waals surface area contributed by atoms with Gasteiger partial charge in [0.15, 0.2) is 0 Å². The molecule has 0 fully saturated rings. The summed E-state index contributed by atoms with van der Waals surface area (Å²) in [5.74, 6) is -0.152. The topological polar surface area (TPSA) is 38.3 Å². The van der Waals surface area contributed by atoms with Crippen molar-refractivity contribution in [1.29, 1.82) is 0 Å². The molecule has 2 aromatic carbocycles. The largest absolute Gasteiger partial charge is 0.377 e. The van der Waals surface area contributed by atoms with Crippen molar-refractivity contribution in [3.8, 4) is 0 Å². The smallest absolute Gasteiger partial charge is 0.248 e. The molecule has 1 atom stereocenters. The summed E-state index contributed by atoms with van der Waals surface area (Å²) in [6.07, 6.45) is 5.38. The Labute approximate surface area is 141 Å². The van der Waals surface area contributed by atoms with Gasteiger partial charge in [-0.05, 0) is 54.6 Å². The Morgan fingerprint density at radius 3 is 2.61 bits per heavy atom. The number of hydrogen-bond acceptors (Lipinski definition) is 3. The Hall–Kier alpha value is -2.04. The number of ether oxygens (including phenoxy) is 1. The molecule has 120 valence electrons. The third-order valence-corrected chi connectivity index (χ3v) is 4.26. The summed E-state index contributed by atoms with van der Waals surface area (Å²) in [5, 5.41) is 2.87. The second kappa shape index (κ2) is 8.56. The minimum absolute atomic E-state index is 0.00246. The van der Waals surface area contributed by atoms with Crippen LogP contribution < -0.4 is 5.32 Å². The number of benzene rings is 2. The highest BCUT2D eigenvalue weighted by molar-refractivity contribution is 7.98. The summed E-state index contributed by atoms with van der Waals surface area (Å²) in [6.45, 7) is 1.97. The van der Waals surface area contributed by atoms with E-state index in [1.54, 1.807) is 31.0 Å². The first-order chi connectivity index (χ1) is 11.1.